The van der Waals surface area contributed by atoms with E-state index >= 15 is 0 Å². The lowest BCUT2D eigenvalue weighted by molar-refractivity contribution is -0.153. The van der Waals surface area contributed by atoms with E-state index in [2.05, 4.69) is 5.32 Å². The van der Waals surface area contributed by atoms with E-state index in [1.54, 1.807) is 7.05 Å². The molecule has 1 aliphatic carbocycles. The van der Waals surface area contributed by atoms with Gasteiger partial charge in [0.15, 0.2) is 0 Å². The quantitative estimate of drug-likeness (QED) is 0.749. The van der Waals surface area contributed by atoms with Gasteiger partial charge in [-0.1, -0.05) is 0 Å². The topological polar surface area (TPSA) is 47.6 Å². The zero-order valence-electron chi connectivity index (χ0n) is 10.2. The maximum atomic E-state index is 12.1. The molecule has 100 valence electrons. The van der Waals surface area contributed by atoms with Crippen molar-refractivity contribution in [3.8, 4) is 0 Å². The van der Waals surface area contributed by atoms with Crippen LogP contribution in [0.25, 0.3) is 0 Å². The standard InChI is InChI=1S/C11H19F2NO3/c1-14-11(10(15)16-2)5-3-4-8(6-11)17-7-9(12)13/h8-9,14H,3-7H2,1-2H3. The van der Waals surface area contributed by atoms with Gasteiger partial charge < -0.3 is 14.8 Å². The van der Waals surface area contributed by atoms with Gasteiger partial charge in [0.2, 0.25) is 0 Å². The number of methoxy groups -OCH3 is 1. The van der Waals surface area contributed by atoms with Crippen molar-refractivity contribution in [1.82, 2.24) is 5.32 Å². The predicted molar refractivity (Wildman–Crippen MR) is 58.0 cm³/mol. The summed E-state index contributed by atoms with van der Waals surface area (Å²) in [5.41, 5.74) is -0.792. The van der Waals surface area contributed by atoms with E-state index in [9.17, 15) is 13.6 Å². The number of carbonyl (C=O) groups excluding carboxylic acids is 1. The third-order valence-corrected chi connectivity index (χ3v) is 3.22. The lowest BCUT2D eigenvalue weighted by Gasteiger charge is -2.38. The van der Waals surface area contributed by atoms with Gasteiger partial charge in [-0.3, -0.25) is 4.79 Å². The Hall–Kier alpha value is -0.750. The predicted octanol–water partition coefficient (Wildman–Crippen LogP) is 1.34. The molecular formula is C11H19F2NO3. The summed E-state index contributed by atoms with van der Waals surface area (Å²) in [7, 11) is 3.00. The molecule has 0 bridgehead atoms. The second kappa shape index (κ2) is 6.26. The number of alkyl halides is 2. The number of hydrogen-bond acceptors (Lipinski definition) is 4. The summed E-state index contributed by atoms with van der Waals surface area (Å²) in [6.45, 7) is -0.578. The molecule has 1 aliphatic rings. The van der Waals surface area contributed by atoms with Crippen LogP contribution in [0.2, 0.25) is 0 Å². The van der Waals surface area contributed by atoms with Gasteiger partial charge in [0.25, 0.3) is 6.43 Å². The van der Waals surface area contributed by atoms with Crippen LogP contribution in [-0.2, 0) is 14.3 Å². The Morgan fingerprint density at radius 2 is 2.29 bits per heavy atom. The number of rotatable bonds is 5. The summed E-state index contributed by atoms with van der Waals surface area (Å²) >= 11 is 0. The molecule has 4 nitrogen and oxygen atoms in total. The third kappa shape index (κ3) is 3.61. The first-order valence-corrected chi connectivity index (χ1v) is 5.71. The number of nitrogens with one attached hydrogen (secondary N) is 1. The molecule has 0 saturated heterocycles. The van der Waals surface area contributed by atoms with Gasteiger partial charge in [-0.2, -0.15) is 0 Å². The highest BCUT2D eigenvalue weighted by Gasteiger charge is 2.43. The first-order chi connectivity index (χ1) is 8.04. The Labute approximate surface area is 99.7 Å². The molecule has 0 spiro atoms. The van der Waals surface area contributed by atoms with Gasteiger partial charge >= 0.3 is 5.97 Å². The Bertz CT molecular complexity index is 263. The number of likely N-dealkylation sites (N-methyl/N-ethyl adjacent to an activating group) is 1. The van der Waals surface area contributed by atoms with Crippen LogP contribution >= 0.6 is 0 Å². The van der Waals surface area contributed by atoms with E-state index in [0.29, 0.717) is 19.3 Å². The summed E-state index contributed by atoms with van der Waals surface area (Å²) in [5, 5.41) is 2.94. The van der Waals surface area contributed by atoms with Gasteiger partial charge in [0.05, 0.1) is 13.2 Å². The van der Waals surface area contributed by atoms with Crippen molar-refractivity contribution in [1.29, 1.82) is 0 Å². The summed E-state index contributed by atoms with van der Waals surface area (Å²) < 4.78 is 34.0. The van der Waals surface area contributed by atoms with Crippen LogP contribution in [-0.4, -0.2) is 44.8 Å². The molecule has 0 radical (unpaired) electrons. The summed E-state index contributed by atoms with van der Waals surface area (Å²) in [4.78, 5) is 11.7. The van der Waals surface area contributed by atoms with Crippen molar-refractivity contribution in [2.24, 2.45) is 0 Å². The first kappa shape index (κ1) is 14.3. The molecule has 2 atom stereocenters. The second-order valence-corrected chi connectivity index (χ2v) is 4.27. The fourth-order valence-corrected chi connectivity index (χ4v) is 2.29. The lowest BCUT2D eigenvalue weighted by Crippen LogP contribution is -2.55. The second-order valence-electron chi connectivity index (χ2n) is 4.27. The molecule has 6 heteroatoms. The van der Waals surface area contributed by atoms with Crippen molar-refractivity contribution < 1.29 is 23.0 Å². The molecule has 0 amide bonds. The van der Waals surface area contributed by atoms with Crippen molar-refractivity contribution in [2.75, 3.05) is 20.8 Å². The van der Waals surface area contributed by atoms with Gasteiger partial charge in [0.1, 0.15) is 12.1 Å². The molecule has 0 aromatic rings. The summed E-state index contributed by atoms with van der Waals surface area (Å²) in [6, 6.07) is 0. The maximum absolute atomic E-state index is 12.1. The molecule has 1 saturated carbocycles. The van der Waals surface area contributed by atoms with E-state index in [4.69, 9.17) is 9.47 Å². The Balaban J connectivity index is 2.59. The Morgan fingerprint density at radius 3 is 2.82 bits per heavy atom. The van der Waals surface area contributed by atoms with Crippen LogP contribution in [0.5, 0.6) is 0 Å². The SMILES string of the molecule is CNC1(C(=O)OC)CCCC(OCC(F)F)C1. The van der Waals surface area contributed by atoms with Gasteiger partial charge in [-0.05, 0) is 26.3 Å². The fraction of sp³-hybridized carbons (Fsp3) is 0.909. The maximum Gasteiger partial charge on any atom is 0.326 e. The van der Waals surface area contributed by atoms with Crippen molar-refractivity contribution in [3.63, 3.8) is 0 Å². The molecule has 0 aromatic heterocycles. The third-order valence-electron chi connectivity index (χ3n) is 3.22. The lowest BCUT2D eigenvalue weighted by atomic mass is 9.80. The van der Waals surface area contributed by atoms with Crippen molar-refractivity contribution in [3.05, 3.63) is 0 Å². The van der Waals surface area contributed by atoms with E-state index < -0.39 is 18.6 Å². The zero-order chi connectivity index (χ0) is 12.9. The highest BCUT2D eigenvalue weighted by atomic mass is 19.3. The zero-order valence-corrected chi connectivity index (χ0v) is 10.2. The van der Waals surface area contributed by atoms with E-state index in [1.165, 1.54) is 7.11 Å². The van der Waals surface area contributed by atoms with Crippen LogP contribution in [0.1, 0.15) is 25.7 Å². The number of halogens is 2. The Kier molecular flexibility index (Phi) is 5.27. The van der Waals surface area contributed by atoms with Gasteiger partial charge in [-0.15, -0.1) is 0 Å². The van der Waals surface area contributed by atoms with Crippen LogP contribution < -0.4 is 5.32 Å². The van der Waals surface area contributed by atoms with Crippen LogP contribution in [0.15, 0.2) is 0 Å². The molecule has 17 heavy (non-hydrogen) atoms. The molecular weight excluding hydrogens is 232 g/mol. The number of carbonyl (C=O) groups is 1. The van der Waals surface area contributed by atoms with Gasteiger partial charge in [-0.25, -0.2) is 8.78 Å². The Morgan fingerprint density at radius 1 is 1.59 bits per heavy atom. The molecule has 1 N–H and O–H groups in total. The number of ether oxygens (including phenoxy) is 2. The molecule has 0 aromatic carbocycles. The highest BCUT2D eigenvalue weighted by molar-refractivity contribution is 5.80. The first-order valence-electron chi connectivity index (χ1n) is 5.71. The average molecular weight is 251 g/mol. The minimum Gasteiger partial charge on any atom is -0.468 e. The molecule has 1 fully saturated rings. The monoisotopic (exact) mass is 251 g/mol. The van der Waals surface area contributed by atoms with Crippen LogP contribution in [0.3, 0.4) is 0 Å². The molecule has 2 unspecified atom stereocenters. The summed E-state index contributed by atoms with van der Waals surface area (Å²) in [6.07, 6.45) is -0.312. The fourth-order valence-electron chi connectivity index (χ4n) is 2.29. The largest absolute Gasteiger partial charge is 0.468 e. The molecule has 0 heterocycles. The number of hydrogen-bond donors (Lipinski definition) is 1. The summed E-state index contributed by atoms with van der Waals surface area (Å²) in [5.74, 6) is -0.356. The van der Waals surface area contributed by atoms with E-state index in [0.717, 1.165) is 6.42 Å². The van der Waals surface area contributed by atoms with E-state index in [1.807, 2.05) is 0 Å². The highest BCUT2D eigenvalue weighted by Crippen LogP contribution is 2.31. The smallest absolute Gasteiger partial charge is 0.326 e. The van der Waals surface area contributed by atoms with E-state index in [-0.39, 0.29) is 12.1 Å². The normalized spacial score (nSPS) is 29.4. The van der Waals surface area contributed by atoms with Crippen molar-refractivity contribution >= 4 is 5.97 Å². The minimum absolute atomic E-state index is 0.315. The minimum atomic E-state index is -2.47. The average Bonchev–Trinajstić information content (AvgIpc) is 2.35. The van der Waals surface area contributed by atoms with Crippen LogP contribution in [0.4, 0.5) is 8.78 Å². The van der Waals surface area contributed by atoms with Crippen LogP contribution in [0, 0.1) is 0 Å². The molecule has 0 aliphatic heterocycles. The number of esters is 1. The van der Waals surface area contributed by atoms with Gasteiger partial charge in [0, 0.05) is 6.42 Å². The molecule has 1 rings (SSSR count). The van der Waals surface area contributed by atoms with Crippen molar-refractivity contribution in [2.45, 2.75) is 43.8 Å².